The standard InChI is InChI=1S/C14H15NO3/c1-2-10-18-12-7-5-11(6-8-12)15-9-3-4-13(15)14(16)17/h3-9H,2,10H2,1H3,(H,16,17). The van der Waals surface area contributed by atoms with E-state index in [1.54, 1.807) is 22.9 Å². The van der Waals surface area contributed by atoms with Gasteiger partial charge in [0.05, 0.1) is 6.61 Å². The molecule has 1 heterocycles. The Morgan fingerprint density at radius 2 is 2.00 bits per heavy atom. The highest BCUT2D eigenvalue weighted by atomic mass is 16.5. The Hall–Kier alpha value is -2.23. The molecule has 0 saturated heterocycles. The van der Waals surface area contributed by atoms with Crippen LogP contribution in [0.25, 0.3) is 5.69 Å². The van der Waals surface area contributed by atoms with E-state index in [0.717, 1.165) is 17.9 Å². The minimum Gasteiger partial charge on any atom is -0.494 e. The fourth-order valence-corrected chi connectivity index (χ4v) is 1.70. The quantitative estimate of drug-likeness (QED) is 0.881. The summed E-state index contributed by atoms with van der Waals surface area (Å²) in [4.78, 5) is 11.0. The smallest absolute Gasteiger partial charge is 0.352 e. The van der Waals surface area contributed by atoms with Gasteiger partial charge in [0.25, 0.3) is 0 Å². The zero-order valence-electron chi connectivity index (χ0n) is 10.2. The molecule has 0 amide bonds. The van der Waals surface area contributed by atoms with Crippen LogP contribution in [0.3, 0.4) is 0 Å². The number of aromatic carboxylic acids is 1. The molecule has 0 aliphatic heterocycles. The molecule has 0 aliphatic carbocycles. The molecular weight excluding hydrogens is 230 g/mol. The molecule has 1 aromatic heterocycles. The lowest BCUT2D eigenvalue weighted by molar-refractivity contribution is 0.0688. The summed E-state index contributed by atoms with van der Waals surface area (Å²) in [5.74, 6) is -0.143. The van der Waals surface area contributed by atoms with Crippen molar-refractivity contribution in [3.63, 3.8) is 0 Å². The lowest BCUT2D eigenvalue weighted by Gasteiger charge is -2.08. The molecule has 0 unspecified atom stereocenters. The van der Waals surface area contributed by atoms with Crippen molar-refractivity contribution >= 4 is 5.97 Å². The molecule has 1 aromatic carbocycles. The second-order valence-corrected chi connectivity index (χ2v) is 3.91. The molecule has 0 radical (unpaired) electrons. The Bertz CT molecular complexity index is 528. The van der Waals surface area contributed by atoms with Crippen molar-refractivity contribution < 1.29 is 14.6 Å². The maximum Gasteiger partial charge on any atom is 0.352 e. The van der Waals surface area contributed by atoms with Gasteiger partial charge in [0.1, 0.15) is 11.4 Å². The Balaban J connectivity index is 2.23. The van der Waals surface area contributed by atoms with Gasteiger partial charge in [0, 0.05) is 11.9 Å². The summed E-state index contributed by atoms with van der Waals surface area (Å²) in [6, 6.07) is 10.7. The molecule has 2 rings (SSSR count). The molecular formula is C14H15NO3. The molecule has 94 valence electrons. The van der Waals surface area contributed by atoms with Gasteiger partial charge in [0.15, 0.2) is 0 Å². The number of rotatable bonds is 5. The largest absolute Gasteiger partial charge is 0.494 e. The van der Waals surface area contributed by atoms with Gasteiger partial charge < -0.3 is 14.4 Å². The number of benzene rings is 1. The summed E-state index contributed by atoms with van der Waals surface area (Å²) in [6.07, 6.45) is 2.69. The maximum absolute atomic E-state index is 11.0. The molecule has 0 atom stereocenters. The summed E-state index contributed by atoms with van der Waals surface area (Å²) >= 11 is 0. The average molecular weight is 245 g/mol. The fourth-order valence-electron chi connectivity index (χ4n) is 1.70. The molecule has 18 heavy (non-hydrogen) atoms. The monoisotopic (exact) mass is 245 g/mol. The summed E-state index contributed by atoms with van der Waals surface area (Å²) in [7, 11) is 0. The van der Waals surface area contributed by atoms with Crippen LogP contribution in [0.1, 0.15) is 23.8 Å². The van der Waals surface area contributed by atoms with Crippen molar-refractivity contribution in [3.05, 3.63) is 48.3 Å². The number of hydrogen-bond acceptors (Lipinski definition) is 2. The Labute approximate surface area is 105 Å². The predicted octanol–water partition coefficient (Wildman–Crippen LogP) is 2.96. The first-order valence-electron chi connectivity index (χ1n) is 5.86. The fraction of sp³-hybridized carbons (Fsp3) is 0.214. The van der Waals surface area contributed by atoms with Gasteiger partial charge in [-0.2, -0.15) is 0 Å². The summed E-state index contributed by atoms with van der Waals surface area (Å²) in [6.45, 7) is 2.73. The van der Waals surface area contributed by atoms with E-state index in [1.165, 1.54) is 0 Å². The van der Waals surface area contributed by atoms with Crippen LogP contribution in [0.4, 0.5) is 0 Å². The number of hydrogen-bond donors (Lipinski definition) is 1. The molecule has 0 bridgehead atoms. The molecule has 0 fully saturated rings. The highest BCUT2D eigenvalue weighted by molar-refractivity contribution is 5.86. The summed E-state index contributed by atoms with van der Waals surface area (Å²) in [5, 5.41) is 9.04. The highest BCUT2D eigenvalue weighted by Crippen LogP contribution is 2.17. The van der Waals surface area contributed by atoms with Crippen molar-refractivity contribution in [2.24, 2.45) is 0 Å². The van der Waals surface area contributed by atoms with Crippen LogP contribution in [0.15, 0.2) is 42.6 Å². The van der Waals surface area contributed by atoms with Crippen LogP contribution >= 0.6 is 0 Å². The Morgan fingerprint density at radius 1 is 1.28 bits per heavy atom. The summed E-state index contributed by atoms with van der Waals surface area (Å²) < 4.78 is 7.11. The van der Waals surface area contributed by atoms with Gasteiger partial charge in [-0.1, -0.05) is 6.92 Å². The zero-order valence-corrected chi connectivity index (χ0v) is 10.2. The first kappa shape index (κ1) is 12.2. The second kappa shape index (κ2) is 5.40. The van der Waals surface area contributed by atoms with E-state index >= 15 is 0 Å². The third-order valence-corrected chi connectivity index (χ3v) is 2.56. The third kappa shape index (κ3) is 2.53. The topological polar surface area (TPSA) is 51.5 Å². The van der Waals surface area contributed by atoms with E-state index in [9.17, 15) is 4.79 Å². The van der Waals surface area contributed by atoms with Gasteiger partial charge in [0.2, 0.25) is 0 Å². The van der Waals surface area contributed by atoms with Crippen molar-refractivity contribution in [1.82, 2.24) is 4.57 Å². The second-order valence-electron chi connectivity index (χ2n) is 3.91. The molecule has 0 aliphatic rings. The minimum absolute atomic E-state index is 0.247. The number of aromatic nitrogens is 1. The lowest BCUT2D eigenvalue weighted by Crippen LogP contribution is -2.05. The van der Waals surface area contributed by atoms with Crippen molar-refractivity contribution in [2.45, 2.75) is 13.3 Å². The summed E-state index contributed by atoms with van der Waals surface area (Å²) in [5.41, 5.74) is 1.05. The van der Waals surface area contributed by atoms with Crippen molar-refractivity contribution in [1.29, 1.82) is 0 Å². The first-order chi connectivity index (χ1) is 8.72. The van der Waals surface area contributed by atoms with Crippen LogP contribution in [0.2, 0.25) is 0 Å². The van der Waals surface area contributed by atoms with Crippen LogP contribution in [0, 0.1) is 0 Å². The predicted molar refractivity (Wildman–Crippen MR) is 68.5 cm³/mol. The first-order valence-corrected chi connectivity index (χ1v) is 5.86. The van der Waals surface area contributed by atoms with Crippen LogP contribution in [0.5, 0.6) is 5.75 Å². The SMILES string of the molecule is CCCOc1ccc(-n2cccc2C(=O)O)cc1. The molecule has 0 spiro atoms. The third-order valence-electron chi connectivity index (χ3n) is 2.56. The molecule has 0 saturated carbocycles. The molecule has 4 heteroatoms. The molecule has 1 N–H and O–H groups in total. The number of nitrogens with zero attached hydrogens (tertiary/aromatic N) is 1. The Morgan fingerprint density at radius 3 is 2.61 bits per heavy atom. The maximum atomic E-state index is 11.0. The van der Waals surface area contributed by atoms with Crippen LogP contribution in [-0.2, 0) is 0 Å². The number of carboxylic acids is 1. The lowest BCUT2D eigenvalue weighted by atomic mass is 10.3. The van der Waals surface area contributed by atoms with Gasteiger partial charge >= 0.3 is 5.97 Å². The minimum atomic E-state index is -0.939. The number of ether oxygens (including phenoxy) is 1. The van der Waals surface area contributed by atoms with E-state index in [-0.39, 0.29) is 5.69 Å². The highest BCUT2D eigenvalue weighted by Gasteiger charge is 2.09. The van der Waals surface area contributed by atoms with Gasteiger partial charge in [-0.05, 0) is 42.8 Å². The normalized spacial score (nSPS) is 10.3. The van der Waals surface area contributed by atoms with Gasteiger partial charge in [-0.25, -0.2) is 4.79 Å². The van der Waals surface area contributed by atoms with Gasteiger partial charge in [-0.3, -0.25) is 0 Å². The van der Waals surface area contributed by atoms with E-state index in [2.05, 4.69) is 0 Å². The van der Waals surface area contributed by atoms with E-state index in [1.807, 2.05) is 31.2 Å². The van der Waals surface area contributed by atoms with E-state index in [4.69, 9.17) is 9.84 Å². The zero-order chi connectivity index (χ0) is 13.0. The molecule has 4 nitrogen and oxygen atoms in total. The van der Waals surface area contributed by atoms with Crippen molar-refractivity contribution in [2.75, 3.05) is 6.61 Å². The van der Waals surface area contributed by atoms with Gasteiger partial charge in [-0.15, -0.1) is 0 Å². The number of carboxylic acid groups (broad SMARTS) is 1. The van der Waals surface area contributed by atoms with Crippen LogP contribution < -0.4 is 4.74 Å². The van der Waals surface area contributed by atoms with Crippen LogP contribution in [-0.4, -0.2) is 22.2 Å². The van der Waals surface area contributed by atoms with E-state index in [0.29, 0.717) is 6.61 Å². The molecule has 2 aromatic rings. The average Bonchev–Trinajstić information content (AvgIpc) is 2.86. The van der Waals surface area contributed by atoms with Crippen molar-refractivity contribution in [3.8, 4) is 11.4 Å². The number of carbonyl (C=O) groups is 1. The Kier molecular flexibility index (Phi) is 3.67. The van der Waals surface area contributed by atoms with E-state index < -0.39 is 5.97 Å².